The fourth-order valence-electron chi connectivity index (χ4n) is 3.56. The Hall–Kier alpha value is -3.25. The predicted molar refractivity (Wildman–Crippen MR) is 107 cm³/mol. The van der Waals surface area contributed by atoms with Crippen molar-refractivity contribution in [3.8, 4) is 11.8 Å². The number of amides is 1. The quantitative estimate of drug-likeness (QED) is 0.626. The van der Waals surface area contributed by atoms with Gasteiger partial charge in [-0.3, -0.25) is 4.79 Å². The van der Waals surface area contributed by atoms with Gasteiger partial charge in [0.05, 0.1) is 6.04 Å². The molecule has 0 radical (unpaired) electrons. The number of hydrogen-bond acceptors (Lipinski definition) is 1. The molecule has 0 aliphatic carbocycles. The smallest absolute Gasteiger partial charge is 0.271 e. The van der Waals surface area contributed by atoms with Gasteiger partial charge in [-0.15, -0.1) is 0 Å². The Morgan fingerprint density at radius 2 is 1.70 bits per heavy atom. The number of carbonyl (C=O) groups excluding carboxylic acids is 1. The number of hydrogen-bond donors (Lipinski definition) is 0. The van der Waals surface area contributed by atoms with Crippen molar-refractivity contribution < 1.29 is 4.79 Å². The maximum atomic E-state index is 13.0. The van der Waals surface area contributed by atoms with Crippen molar-refractivity contribution >= 4 is 5.91 Å². The summed E-state index contributed by atoms with van der Waals surface area (Å²) in [6, 6.07) is 20.3. The van der Waals surface area contributed by atoms with E-state index in [1.54, 1.807) is 0 Å². The maximum Gasteiger partial charge on any atom is 0.271 e. The highest BCUT2D eigenvalue weighted by atomic mass is 16.2. The fourth-order valence-corrected chi connectivity index (χ4v) is 3.56. The summed E-state index contributed by atoms with van der Waals surface area (Å²) in [5, 5.41) is 0. The molecule has 0 saturated carbocycles. The first-order valence-electron chi connectivity index (χ1n) is 9.26. The first-order chi connectivity index (χ1) is 13.1. The highest BCUT2D eigenvalue weighted by molar-refractivity contribution is 5.94. The summed E-state index contributed by atoms with van der Waals surface area (Å²) in [4.78, 5) is 15.0. The Labute approximate surface area is 160 Å². The van der Waals surface area contributed by atoms with E-state index in [-0.39, 0.29) is 11.9 Å². The molecule has 2 heterocycles. The predicted octanol–water partition coefficient (Wildman–Crippen LogP) is 4.41. The van der Waals surface area contributed by atoms with E-state index in [9.17, 15) is 4.79 Å². The zero-order valence-electron chi connectivity index (χ0n) is 15.6. The summed E-state index contributed by atoms with van der Waals surface area (Å²) in [5.41, 5.74) is 4.94. The average molecular weight is 354 g/mol. The van der Waals surface area contributed by atoms with Gasteiger partial charge in [0.15, 0.2) is 0 Å². The molecule has 0 saturated heterocycles. The molecular weight excluding hydrogens is 332 g/mol. The molecule has 2 aromatic carbocycles. The van der Waals surface area contributed by atoms with Gasteiger partial charge in [0, 0.05) is 30.4 Å². The third kappa shape index (κ3) is 3.52. The summed E-state index contributed by atoms with van der Waals surface area (Å²) < 4.78 is 2.02. The molecule has 0 unspecified atom stereocenters. The van der Waals surface area contributed by atoms with Crippen LogP contribution in [0.25, 0.3) is 0 Å². The third-order valence-corrected chi connectivity index (χ3v) is 5.08. The van der Waals surface area contributed by atoms with E-state index in [2.05, 4.69) is 50.0 Å². The van der Waals surface area contributed by atoms with Gasteiger partial charge in [-0.2, -0.15) is 0 Å². The second kappa shape index (κ2) is 7.17. The minimum absolute atomic E-state index is 0.0594. The van der Waals surface area contributed by atoms with Crippen LogP contribution in [-0.4, -0.2) is 21.9 Å². The van der Waals surface area contributed by atoms with Gasteiger partial charge in [0.1, 0.15) is 5.69 Å². The molecule has 0 N–H and O–H groups in total. The lowest BCUT2D eigenvalue weighted by Gasteiger charge is -2.33. The highest BCUT2D eigenvalue weighted by Gasteiger charge is 2.29. The molecule has 134 valence electrons. The largest absolute Gasteiger partial charge is 0.340 e. The monoisotopic (exact) mass is 354 g/mol. The number of fused-ring (bicyclic) bond motifs is 1. The second-order valence-electron chi connectivity index (χ2n) is 7.01. The topological polar surface area (TPSA) is 25.2 Å². The van der Waals surface area contributed by atoms with E-state index in [1.165, 1.54) is 5.56 Å². The fraction of sp³-hybridized carbons (Fsp3) is 0.208. The summed E-state index contributed by atoms with van der Waals surface area (Å²) in [6.07, 6.45) is 1.99. The standard InChI is InChI=1S/C24H22N2O/c1-18-7-6-8-20(15-18)11-12-21-16-23-24(27)26(14-13-25(23)17-21)19(2)22-9-4-3-5-10-22/h3-10,15-17,19H,13-14H2,1-2H3/t19-/m0/s1. The van der Waals surface area contributed by atoms with Crippen molar-refractivity contribution in [1.82, 2.24) is 9.47 Å². The number of aryl methyl sites for hydroxylation is 1. The molecule has 3 heteroatoms. The molecule has 27 heavy (non-hydrogen) atoms. The molecule has 1 atom stereocenters. The Bertz CT molecular complexity index is 1040. The Morgan fingerprint density at radius 3 is 2.48 bits per heavy atom. The van der Waals surface area contributed by atoms with Crippen LogP contribution in [0.15, 0.2) is 66.9 Å². The van der Waals surface area contributed by atoms with E-state index < -0.39 is 0 Å². The lowest BCUT2D eigenvalue weighted by Crippen LogP contribution is -2.41. The molecule has 1 aromatic heterocycles. The summed E-state index contributed by atoms with van der Waals surface area (Å²) in [6.45, 7) is 5.65. The SMILES string of the molecule is Cc1cccc(C#Cc2cc3n(c2)CCN([C@@H](C)c2ccccc2)C3=O)c1. The van der Waals surface area contributed by atoms with Gasteiger partial charge in [0.2, 0.25) is 0 Å². The van der Waals surface area contributed by atoms with Crippen LogP contribution in [0.3, 0.4) is 0 Å². The Balaban J connectivity index is 1.58. The minimum Gasteiger partial charge on any atom is -0.340 e. The maximum absolute atomic E-state index is 13.0. The molecule has 1 aliphatic rings. The van der Waals surface area contributed by atoms with Crippen LogP contribution < -0.4 is 0 Å². The van der Waals surface area contributed by atoms with E-state index in [4.69, 9.17) is 0 Å². The van der Waals surface area contributed by atoms with Crippen LogP contribution in [-0.2, 0) is 6.54 Å². The first kappa shape index (κ1) is 17.2. The van der Waals surface area contributed by atoms with Crippen LogP contribution in [0, 0.1) is 18.8 Å². The normalized spacial score (nSPS) is 14.3. The molecule has 4 rings (SSSR count). The minimum atomic E-state index is 0.0594. The van der Waals surface area contributed by atoms with Crippen molar-refractivity contribution in [3.63, 3.8) is 0 Å². The van der Waals surface area contributed by atoms with E-state index >= 15 is 0 Å². The second-order valence-corrected chi connectivity index (χ2v) is 7.01. The van der Waals surface area contributed by atoms with Crippen molar-refractivity contribution in [2.24, 2.45) is 0 Å². The number of carbonyl (C=O) groups is 1. The van der Waals surface area contributed by atoms with Crippen LogP contribution >= 0.6 is 0 Å². The Morgan fingerprint density at radius 1 is 0.926 bits per heavy atom. The molecule has 0 bridgehead atoms. The van der Waals surface area contributed by atoms with Crippen molar-refractivity contribution in [3.05, 3.63) is 94.8 Å². The Kier molecular flexibility index (Phi) is 4.56. The van der Waals surface area contributed by atoms with Gasteiger partial charge in [-0.05, 0) is 43.2 Å². The molecule has 3 aromatic rings. The first-order valence-corrected chi connectivity index (χ1v) is 9.26. The van der Waals surface area contributed by atoms with E-state index in [0.717, 1.165) is 28.9 Å². The molecule has 1 amide bonds. The number of nitrogens with zero attached hydrogens (tertiary/aromatic N) is 2. The average Bonchev–Trinajstić information content (AvgIpc) is 3.11. The van der Waals surface area contributed by atoms with Crippen molar-refractivity contribution in [2.45, 2.75) is 26.4 Å². The van der Waals surface area contributed by atoms with Gasteiger partial charge >= 0.3 is 0 Å². The van der Waals surface area contributed by atoms with E-state index in [1.807, 2.05) is 52.1 Å². The zero-order chi connectivity index (χ0) is 18.8. The molecule has 1 aliphatic heterocycles. The molecule has 0 spiro atoms. The summed E-state index contributed by atoms with van der Waals surface area (Å²) in [5.74, 6) is 6.47. The number of benzene rings is 2. The van der Waals surface area contributed by atoms with Crippen molar-refractivity contribution in [2.75, 3.05) is 6.54 Å². The molecule has 3 nitrogen and oxygen atoms in total. The van der Waals surface area contributed by atoms with Crippen LogP contribution in [0.4, 0.5) is 0 Å². The summed E-state index contributed by atoms with van der Waals surface area (Å²) in [7, 11) is 0. The van der Waals surface area contributed by atoms with Gasteiger partial charge < -0.3 is 9.47 Å². The summed E-state index contributed by atoms with van der Waals surface area (Å²) >= 11 is 0. The van der Waals surface area contributed by atoms with Crippen molar-refractivity contribution in [1.29, 1.82) is 0 Å². The zero-order valence-corrected chi connectivity index (χ0v) is 15.6. The van der Waals surface area contributed by atoms with Gasteiger partial charge in [0.25, 0.3) is 5.91 Å². The van der Waals surface area contributed by atoms with Crippen LogP contribution in [0.5, 0.6) is 0 Å². The highest BCUT2D eigenvalue weighted by Crippen LogP contribution is 2.26. The van der Waals surface area contributed by atoms with Gasteiger partial charge in [-0.1, -0.05) is 54.3 Å². The third-order valence-electron chi connectivity index (χ3n) is 5.08. The lowest BCUT2D eigenvalue weighted by molar-refractivity contribution is 0.0632. The number of rotatable bonds is 2. The van der Waals surface area contributed by atoms with Crippen LogP contribution in [0.2, 0.25) is 0 Å². The number of aromatic nitrogens is 1. The lowest BCUT2D eigenvalue weighted by atomic mass is 10.1. The van der Waals surface area contributed by atoms with Crippen LogP contribution in [0.1, 0.15) is 45.7 Å². The molecular formula is C24H22N2O. The van der Waals surface area contributed by atoms with Gasteiger partial charge in [-0.25, -0.2) is 0 Å². The molecule has 0 fully saturated rings. The van der Waals surface area contributed by atoms with E-state index in [0.29, 0.717) is 6.54 Å².